The van der Waals surface area contributed by atoms with Gasteiger partial charge in [0.1, 0.15) is 6.29 Å². The average Bonchev–Trinajstić information content (AvgIpc) is 2.64. The van der Waals surface area contributed by atoms with Crippen LogP contribution in [0, 0.1) is 6.92 Å². The number of hydrogen-bond donors (Lipinski definition) is 1. The fraction of sp³-hybridized carbons (Fsp3) is 0.350. The Morgan fingerprint density at radius 3 is 2.56 bits per heavy atom. The molecule has 0 bridgehead atoms. The topological polar surface area (TPSA) is 53.0 Å². The van der Waals surface area contributed by atoms with Crippen LogP contribution in [0.25, 0.3) is 0 Å². The van der Waals surface area contributed by atoms with Crippen LogP contribution in [0.5, 0.6) is 11.5 Å². The first-order valence-corrected chi connectivity index (χ1v) is 8.49. The molecule has 1 aliphatic heterocycles. The summed E-state index contributed by atoms with van der Waals surface area (Å²) < 4.78 is 5.17. The van der Waals surface area contributed by atoms with E-state index >= 15 is 0 Å². The SMILES string of the molecule is COc1cc(C=O)cc(CN2CCN(c3cccc(C)c3)CC2)c1O. The van der Waals surface area contributed by atoms with Crippen molar-refractivity contribution < 1.29 is 14.6 Å². The van der Waals surface area contributed by atoms with Gasteiger partial charge < -0.3 is 14.7 Å². The molecule has 25 heavy (non-hydrogen) atoms. The second kappa shape index (κ2) is 7.57. The molecule has 1 heterocycles. The number of methoxy groups -OCH3 is 1. The second-order valence-electron chi connectivity index (χ2n) is 6.45. The average molecular weight is 340 g/mol. The zero-order chi connectivity index (χ0) is 17.8. The van der Waals surface area contributed by atoms with E-state index in [4.69, 9.17) is 4.74 Å². The number of aldehydes is 1. The van der Waals surface area contributed by atoms with Crippen LogP contribution in [0.1, 0.15) is 21.5 Å². The van der Waals surface area contributed by atoms with E-state index in [1.165, 1.54) is 18.4 Å². The monoisotopic (exact) mass is 340 g/mol. The summed E-state index contributed by atoms with van der Waals surface area (Å²) in [6, 6.07) is 11.8. The summed E-state index contributed by atoms with van der Waals surface area (Å²) in [6.07, 6.45) is 0.779. The molecule has 0 unspecified atom stereocenters. The van der Waals surface area contributed by atoms with Crippen molar-refractivity contribution in [2.75, 3.05) is 38.2 Å². The van der Waals surface area contributed by atoms with E-state index in [2.05, 4.69) is 41.0 Å². The van der Waals surface area contributed by atoms with Crippen molar-refractivity contribution in [3.8, 4) is 11.5 Å². The molecule has 1 aliphatic rings. The normalized spacial score (nSPS) is 15.2. The maximum atomic E-state index is 11.1. The highest BCUT2D eigenvalue weighted by molar-refractivity contribution is 5.77. The molecule has 0 aliphatic carbocycles. The Bertz CT molecular complexity index is 753. The number of phenols is 1. The van der Waals surface area contributed by atoms with Crippen molar-refractivity contribution in [2.45, 2.75) is 13.5 Å². The maximum Gasteiger partial charge on any atom is 0.162 e. The van der Waals surface area contributed by atoms with E-state index in [1.54, 1.807) is 12.1 Å². The predicted molar refractivity (Wildman–Crippen MR) is 98.7 cm³/mol. The van der Waals surface area contributed by atoms with Crippen LogP contribution in [-0.2, 0) is 6.54 Å². The summed E-state index contributed by atoms with van der Waals surface area (Å²) >= 11 is 0. The molecule has 0 aromatic heterocycles. The number of rotatable bonds is 5. The van der Waals surface area contributed by atoms with Crippen molar-refractivity contribution in [1.29, 1.82) is 0 Å². The Morgan fingerprint density at radius 2 is 1.92 bits per heavy atom. The number of benzene rings is 2. The van der Waals surface area contributed by atoms with Crippen molar-refractivity contribution in [2.24, 2.45) is 0 Å². The summed E-state index contributed by atoms with van der Waals surface area (Å²) in [7, 11) is 1.49. The van der Waals surface area contributed by atoms with Crippen LogP contribution in [-0.4, -0.2) is 49.6 Å². The summed E-state index contributed by atoms with van der Waals surface area (Å²) in [4.78, 5) is 15.8. The number of aryl methyl sites for hydroxylation is 1. The Balaban J connectivity index is 1.67. The molecule has 1 saturated heterocycles. The van der Waals surface area contributed by atoms with Gasteiger partial charge >= 0.3 is 0 Å². The summed E-state index contributed by atoms with van der Waals surface area (Å²) in [5.74, 6) is 0.465. The van der Waals surface area contributed by atoms with Gasteiger partial charge in [-0.25, -0.2) is 0 Å². The van der Waals surface area contributed by atoms with Gasteiger partial charge in [0.15, 0.2) is 11.5 Å². The van der Waals surface area contributed by atoms with Crippen LogP contribution >= 0.6 is 0 Å². The zero-order valence-corrected chi connectivity index (χ0v) is 14.7. The lowest BCUT2D eigenvalue weighted by molar-refractivity contribution is 0.112. The Kier molecular flexibility index (Phi) is 5.24. The number of piperazine rings is 1. The lowest BCUT2D eigenvalue weighted by atomic mass is 10.1. The van der Waals surface area contributed by atoms with Crippen LogP contribution in [0.4, 0.5) is 5.69 Å². The third-order valence-electron chi connectivity index (χ3n) is 4.67. The summed E-state index contributed by atoms with van der Waals surface area (Å²) in [5.41, 5.74) is 3.77. The third-order valence-corrected chi connectivity index (χ3v) is 4.67. The van der Waals surface area contributed by atoms with Gasteiger partial charge in [0, 0.05) is 49.5 Å². The van der Waals surface area contributed by atoms with Crippen molar-refractivity contribution in [3.63, 3.8) is 0 Å². The standard InChI is InChI=1S/C20H24N2O3/c1-15-4-3-5-18(10-15)22-8-6-21(7-9-22)13-17-11-16(14-23)12-19(25-2)20(17)24/h3-5,10-12,14,24H,6-9,13H2,1-2H3. The van der Waals surface area contributed by atoms with E-state index in [1.807, 2.05) is 0 Å². The molecular weight excluding hydrogens is 316 g/mol. The lowest BCUT2D eigenvalue weighted by Gasteiger charge is -2.36. The molecule has 0 amide bonds. The van der Waals surface area contributed by atoms with Gasteiger partial charge in [0.25, 0.3) is 0 Å². The quantitative estimate of drug-likeness (QED) is 0.848. The Hall–Kier alpha value is -2.53. The van der Waals surface area contributed by atoms with Crippen LogP contribution in [0.3, 0.4) is 0 Å². The molecule has 0 spiro atoms. The maximum absolute atomic E-state index is 11.1. The number of ether oxygens (including phenoxy) is 1. The number of nitrogens with zero attached hydrogens (tertiary/aromatic N) is 2. The highest BCUT2D eigenvalue weighted by Crippen LogP contribution is 2.32. The molecule has 1 N–H and O–H groups in total. The molecule has 0 radical (unpaired) electrons. The largest absolute Gasteiger partial charge is 0.504 e. The minimum atomic E-state index is 0.120. The second-order valence-corrected chi connectivity index (χ2v) is 6.45. The van der Waals surface area contributed by atoms with E-state index < -0.39 is 0 Å². The number of phenolic OH excluding ortho intramolecular Hbond substituents is 1. The molecule has 5 nitrogen and oxygen atoms in total. The van der Waals surface area contributed by atoms with E-state index in [0.717, 1.165) is 38.0 Å². The van der Waals surface area contributed by atoms with Gasteiger partial charge in [-0.15, -0.1) is 0 Å². The highest BCUT2D eigenvalue weighted by atomic mass is 16.5. The minimum absolute atomic E-state index is 0.120. The van der Waals surface area contributed by atoms with E-state index in [-0.39, 0.29) is 5.75 Å². The molecule has 3 rings (SSSR count). The van der Waals surface area contributed by atoms with Gasteiger partial charge in [-0.05, 0) is 36.8 Å². The van der Waals surface area contributed by atoms with E-state index in [9.17, 15) is 9.90 Å². The van der Waals surface area contributed by atoms with E-state index in [0.29, 0.717) is 17.9 Å². The molecule has 0 saturated carbocycles. The minimum Gasteiger partial charge on any atom is -0.504 e. The molecule has 1 fully saturated rings. The lowest BCUT2D eigenvalue weighted by Crippen LogP contribution is -2.46. The molecule has 2 aromatic rings. The number of carbonyl (C=O) groups excluding carboxylic acids is 1. The van der Waals surface area contributed by atoms with Gasteiger partial charge in [0.05, 0.1) is 7.11 Å². The van der Waals surface area contributed by atoms with Gasteiger partial charge in [0.2, 0.25) is 0 Å². The Labute approximate surface area is 148 Å². The first kappa shape index (κ1) is 17.3. The van der Waals surface area contributed by atoms with Crippen LogP contribution in [0.2, 0.25) is 0 Å². The number of carbonyl (C=O) groups is 1. The first-order chi connectivity index (χ1) is 12.1. The van der Waals surface area contributed by atoms with Gasteiger partial charge in [-0.2, -0.15) is 0 Å². The fourth-order valence-electron chi connectivity index (χ4n) is 3.26. The molecule has 2 aromatic carbocycles. The zero-order valence-electron chi connectivity index (χ0n) is 14.7. The predicted octanol–water partition coefficient (Wildman–Crippen LogP) is 2.84. The van der Waals surface area contributed by atoms with Crippen molar-refractivity contribution >= 4 is 12.0 Å². The summed E-state index contributed by atoms with van der Waals surface area (Å²) in [5, 5.41) is 10.3. The van der Waals surface area contributed by atoms with Gasteiger partial charge in [-0.3, -0.25) is 9.69 Å². The molecule has 0 atom stereocenters. The highest BCUT2D eigenvalue weighted by Gasteiger charge is 2.20. The third kappa shape index (κ3) is 3.94. The fourth-order valence-corrected chi connectivity index (χ4v) is 3.26. The van der Waals surface area contributed by atoms with Crippen molar-refractivity contribution in [1.82, 2.24) is 4.90 Å². The number of aromatic hydroxyl groups is 1. The van der Waals surface area contributed by atoms with Crippen LogP contribution in [0.15, 0.2) is 36.4 Å². The number of hydrogen-bond acceptors (Lipinski definition) is 5. The number of anilines is 1. The smallest absolute Gasteiger partial charge is 0.162 e. The molecule has 132 valence electrons. The first-order valence-electron chi connectivity index (χ1n) is 8.49. The van der Waals surface area contributed by atoms with Crippen molar-refractivity contribution in [3.05, 3.63) is 53.1 Å². The molecule has 5 heteroatoms. The molecular formula is C20H24N2O3. The Morgan fingerprint density at radius 1 is 1.16 bits per heavy atom. The van der Waals surface area contributed by atoms with Crippen LogP contribution < -0.4 is 9.64 Å². The summed E-state index contributed by atoms with van der Waals surface area (Å²) in [6.45, 7) is 6.40. The van der Waals surface area contributed by atoms with Gasteiger partial charge in [-0.1, -0.05) is 12.1 Å².